The molecule has 0 saturated heterocycles. The van der Waals surface area contributed by atoms with E-state index in [-0.39, 0.29) is 11.3 Å². The SMILES string of the molecule is CCn1cc2ccc(NS(=O)(=O)c3ccc(C(=O)O)cc3F)cc2n1. The molecule has 0 amide bonds. The van der Waals surface area contributed by atoms with Crippen molar-refractivity contribution < 1.29 is 22.7 Å². The van der Waals surface area contributed by atoms with Gasteiger partial charge in [-0.05, 0) is 43.3 Å². The lowest BCUT2D eigenvalue weighted by Crippen LogP contribution is -2.15. The molecule has 0 atom stereocenters. The number of aromatic nitrogens is 2. The Morgan fingerprint density at radius 1 is 1.28 bits per heavy atom. The second kappa shape index (κ2) is 6.17. The third kappa shape index (κ3) is 3.31. The second-order valence-electron chi connectivity index (χ2n) is 5.31. The van der Waals surface area contributed by atoms with Crippen LogP contribution in [0.25, 0.3) is 10.9 Å². The van der Waals surface area contributed by atoms with Gasteiger partial charge >= 0.3 is 5.97 Å². The van der Waals surface area contributed by atoms with Crippen molar-refractivity contribution in [3.8, 4) is 0 Å². The fourth-order valence-corrected chi connectivity index (χ4v) is 3.46. The Morgan fingerprint density at radius 2 is 2.04 bits per heavy atom. The van der Waals surface area contributed by atoms with Crippen LogP contribution in [0.1, 0.15) is 17.3 Å². The van der Waals surface area contributed by atoms with E-state index in [1.807, 2.05) is 13.1 Å². The molecule has 0 bridgehead atoms. The first-order valence-corrected chi connectivity index (χ1v) is 8.81. The number of nitrogens with zero attached hydrogens (tertiary/aromatic N) is 2. The van der Waals surface area contributed by atoms with Crippen molar-refractivity contribution in [2.45, 2.75) is 18.4 Å². The van der Waals surface area contributed by atoms with Crippen LogP contribution >= 0.6 is 0 Å². The van der Waals surface area contributed by atoms with Crippen LogP contribution in [0.3, 0.4) is 0 Å². The number of sulfonamides is 1. The highest BCUT2D eigenvalue weighted by atomic mass is 32.2. The Bertz CT molecular complexity index is 1080. The first kappa shape index (κ1) is 16.9. The van der Waals surface area contributed by atoms with E-state index >= 15 is 0 Å². The van der Waals surface area contributed by atoms with E-state index in [1.54, 1.807) is 22.9 Å². The number of nitrogens with one attached hydrogen (secondary N) is 1. The predicted molar refractivity (Wildman–Crippen MR) is 89.6 cm³/mol. The predicted octanol–water partition coefficient (Wildman–Crippen LogP) is 2.69. The normalized spacial score (nSPS) is 11.6. The van der Waals surface area contributed by atoms with Gasteiger partial charge in [-0.2, -0.15) is 5.10 Å². The summed E-state index contributed by atoms with van der Waals surface area (Å²) >= 11 is 0. The number of carboxylic acid groups (broad SMARTS) is 1. The van der Waals surface area contributed by atoms with Gasteiger partial charge in [-0.1, -0.05) is 0 Å². The summed E-state index contributed by atoms with van der Waals surface area (Å²) in [6, 6.07) is 7.42. The Morgan fingerprint density at radius 3 is 2.68 bits per heavy atom. The summed E-state index contributed by atoms with van der Waals surface area (Å²) < 4.78 is 42.8. The maximum Gasteiger partial charge on any atom is 0.335 e. The summed E-state index contributed by atoms with van der Waals surface area (Å²) in [6.07, 6.45) is 1.83. The minimum absolute atomic E-state index is 0.232. The van der Waals surface area contributed by atoms with Crippen LogP contribution < -0.4 is 4.72 Å². The number of benzene rings is 2. The van der Waals surface area contributed by atoms with Gasteiger partial charge in [-0.15, -0.1) is 0 Å². The van der Waals surface area contributed by atoms with Crippen molar-refractivity contribution in [2.24, 2.45) is 0 Å². The highest BCUT2D eigenvalue weighted by molar-refractivity contribution is 7.92. The quantitative estimate of drug-likeness (QED) is 0.726. The zero-order valence-corrected chi connectivity index (χ0v) is 13.9. The lowest BCUT2D eigenvalue weighted by atomic mass is 10.2. The smallest absolute Gasteiger partial charge is 0.335 e. The average Bonchev–Trinajstić information content (AvgIpc) is 2.96. The summed E-state index contributed by atoms with van der Waals surface area (Å²) in [5.41, 5.74) is 0.502. The summed E-state index contributed by atoms with van der Waals surface area (Å²) in [6.45, 7) is 2.61. The van der Waals surface area contributed by atoms with Gasteiger partial charge in [-0.3, -0.25) is 9.40 Å². The lowest BCUT2D eigenvalue weighted by molar-refractivity contribution is 0.0696. The second-order valence-corrected chi connectivity index (χ2v) is 6.97. The Labute approximate surface area is 142 Å². The molecule has 0 spiro atoms. The lowest BCUT2D eigenvalue weighted by Gasteiger charge is -2.09. The van der Waals surface area contributed by atoms with Gasteiger partial charge in [0, 0.05) is 18.1 Å². The monoisotopic (exact) mass is 363 g/mol. The van der Waals surface area contributed by atoms with Crippen molar-refractivity contribution in [3.05, 3.63) is 54.0 Å². The van der Waals surface area contributed by atoms with Crippen molar-refractivity contribution in [1.82, 2.24) is 9.78 Å². The van der Waals surface area contributed by atoms with Gasteiger partial charge in [0.1, 0.15) is 10.7 Å². The van der Waals surface area contributed by atoms with Gasteiger partial charge in [0.15, 0.2) is 0 Å². The fourth-order valence-electron chi connectivity index (χ4n) is 2.35. The van der Waals surface area contributed by atoms with Crippen LogP contribution in [0.4, 0.5) is 10.1 Å². The topological polar surface area (TPSA) is 101 Å². The molecule has 0 aliphatic rings. The van der Waals surface area contributed by atoms with Crippen molar-refractivity contribution >= 4 is 32.6 Å². The van der Waals surface area contributed by atoms with Crippen LogP contribution in [0, 0.1) is 5.82 Å². The molecule has 1 aromatic heterocycles. The number of fused-ring (bicyclic) bond motifs is 1. The molecule has 130 valence electrons. The molecule has 0 fully saturated rings. The van der Waals surface area contributed by atoms with Crippen LogP contribution in [0.5, 0.6) is 0 Å². The number of rotatable bonds is 5. The van der Waals surface area contributed by atoms with Gasteiger partial charge < -0.3 is 5.11 Å². The van der Waals surface area contributed by atoms with E-state index in [9.17, 15) is 17.6 Å². The van der Waals surface area contributed by atoms with Crippen LogP contribution in [-0.4, -0.2) is 29.3 Å². The molecule has 7 nitrogen and oxygen atoms in total. The van der Waals surface area contributed by atoms with E-state index in [4.69, 9.17) is 5.11 Å². The van der Waals surface area contributed by atoms with Gasteiger partial charge in [0.25, 0.3) is 10.0 Å². The summed E-state index contributed by atoms with van der Waals surface area (Å²) in [5.74, 6) is -2.48. The highest BCUT2D eigenvalue weighted by Crippen LogP contribution is 2.23. The summed E-state index contributed by atoms with van der Waals surface area (Å²) in [5, 5.41) is 14.0. The van der Waals surface area contributed by atoms with E-state index in [0.29, 0.717) is 18.1 Å². The third-order valence-corrected chi connectivity index (χ3v) is 5.01. The minimum Gasteiger partial charge on any atom is -0.478 e. The minimum atomic E-state index is -4.21. The molecule has 0 saturated carbocycles. The first-order valence-electron chi connectivity index (χ1n) is 7.33. The van der Waals surface area contributed by atoms with Crippen LogP contribution in [-0.2, 0) is 16.6 Å². The van der Waals surface area contributed by atoms with Crippen molar-refractivity contribution in [3.63, 3.8) is 0 Å². The standard InChI is InChI=1S/C16H14FN3O4S/c1-2-20-9-11-3-5-12(8-14(11)18-20)19-25(23,24)15-6-4-10(16(21)22)7-13(15)17/h3-9,19H,2H2,1H3,(H,21,22). The van der Waals surface area contributed by atoms with Crippen molar-refractivity contribution in [2.75, 3.05) is 4.72 Å². The largest absolute Gasteiger partial charge is 0.478 e. The molecule has 0 aliphatic carbocycles. The number of anilines is 1. The number of carbonyl (C=O) groups is 1. The van der Waals surface area contributed by atoms with E-state index < -0.39 is 26.7 Å². The molecule has 9 heteroatoms. The number of hydrogen-bond donors (Lipinski definition) is 2. The molecule has 2 N–H and O–H groups in total. The molecule has 0 unspecified atom stereocenters. The van der Waals surface area contributed by atoms with E-state index in [2.05, 4.69) is 9.82 Å². The van der Waals surface area contributed by atoms with Crippen molar-refractivity contribution in [1.29, 1.82) is 0 Å². The number of hydrogen-bond acceptors (Lipinski definition) is 4. The molecule has 2 aromatic carbocycles. The molecule has 0 radical (unpaired) electrons. The summed E-state index contributed by atoms with van der Waals surface area (Å²) in [4.78, 5) is 10.2. The molecule has 0 aliphatic heterocycles. The molecule has 3 rings (SSSR count). The Balaban J connectivity index is 1.94. The zero-order chi connectivity index (χ0) is 18.2. The molecule has 25 heavy (non-hydrogen) atoms. The Kier molecular flexibility index (Phi) is 4.17. The molecular formula is C16H14FN3O4S. The number of carboxylic acids is 1. The van der Waals surface area contributed by atoms with Gasteiger partial charge in [0.2, 0.25) is 0 Å². The fraction of sp³-hybridized carbons (Fsp3) is 0.125. The molecule has 1 heterocycles. The molecular weight excluding hydrogens is 349 g/mol. The van der Waals surface area contributed by atoms with Gasteiger partial charge in [0.05, 0.1) is 16.8 Å². The molecule has 3 aromatic rings. The maximum atomic E-state index is 14.0. The maximum absolute atomic E-state index is 14.0. The first-order chi connectivity index (χ1) is 11.8. The van der Waals surface area contributed by atoms with E-state index in [1.165, 1.54) is 0 Å². The van der Waals surface area contributed by atoms with Crippen LogP contribution in [0.2, 0.25) is 0 Å². The number of halogens is 1. The third-order valence-electron chi connectivity index (χ3n) is 3.60. The zero-order valence-electron chi connectivity index (χ0n) is 13.1. The van der Waals surface area contributed by atoms with E-state index in [0.717, 1.165) is 17.5 Å². The van der Waals surface area contributed by atoms with Crippen LogP contribution in [0.15, 0.2) is 47.5 Å². The Hall–Kier alpha value is -2.94. The number of aromatic carboxylic acids is 1. The average molecular weight is 363 g/mol. The van der Waals surface area contributed by atoms with Gasteiger partial charge in [-0.25, -0.2) is 17.6 Å². The summed E-state index contributed by atoms with van der Waals surface area (Å²) in [7, 11) is -4.21. The number of aryl methyl sites for hydroxylation is 1. The highest BCUT2D eigenvalue weighted by Gasteiger charge is 2.21.